The molecule has 0 spiro atoms. The summed E-state index contributed by atoms with van der Waals surface area (Å²) in [7, 11) is 0. The zero-order valence-corrected chi connectivity index (χ0v) is 12.7. The number of hydrogen-bond acceptors (Lipinski definition) is 3. The van der Waals surface area contributed by atoms with Crippen LogP contribution in [0.15, 0.2) is 53.0 Å². The summed E-state index contributed by atoms with van der Waals surface area (Å²) in [4.78, 5) is 23.6. The summed E-state index contributed by atoms with van der Waals surface area (Å²) in [6.07, 6.45) is 0. The number of benzene rings is 2. The largest absolute Gasteiger partial charge is 0.399 e. The maximum Gasteiger partial charge on any atom is 0.251 e. The lowest BCUT2D eigenvalue weighted by atomic mass is 10.2. The highest BCUT2D eigenvalue weighted by Crippen LogP contribution is 2.20. The summed E-state index contributed by atoms with van der Waals surface area (Å²) in [5.74, 6) is -0.622. The van der Waals surface area contributed by atoms with Crippen molar-refractivity contribution in [2.24, 2.45) is 0 Å². The monoisotopic (exact) mass is 347 g/mol. The standard InChI is InChI=1S/C15H14BrN3O2/c16-12-3-1-2-4-13(12)19-14(20)9-18-15(21)10-5-7-11(17)8-6-10/h1-8H,9,17H2,(H,18,21)(H,19,20). The van der Waals surface area contributed by atoms with Gasteiger partial charge in [-0.1, -0.05) is 12.1 Å². The molecule has 0 bridgehead atoms. The van der Waals surface area contributed by atoms with E-state index < -0.39 is 0 Å². The summed E-state index contributed by atoms with van der Waals surface area (Å²) < 4.78 is 0.781. The fourth-order valence-corrected chi connectivity index (χ4v) is 2.04. The van der Waals surface area contributed by atoms with Crippen LogP contribution in [0.5, 0.6) is 0 Å². The van der Waals surface area contributed by atoms with Crippen molar-refractivity contribution in [2.45, 2.75) is 0 Å². The second-order valence-corrected chi connectivity index (χ2v) is 5.19. The number of hydrogen-bond donors (Lipinski definition) is 3. The Labute approximate surface area is 130 Å². The lowest BCUT2D eigenvalue weighted by Gasteiger charge is -2.08. The van der Waals surface area contributed by atoms with Gasteiger partial charge < -0.3 is 16.4 Å². The van der Waals surface area contributed by atoms with E-state index in [1.54, 1.807) is 30.3 Å². The second-order valence-electron chi connectivity index (χ2n) is 4.33. The summed E-state index contributed by atoms with van der Waals surface area (Å²) >= 11 is 3.33. The number of rotatable bonds is 4. The van der Waals surface area contributed by atoms with E-state index in [1.165, 1.54) is 0 Å². The number of nitrogens with two attached hydrogens (primary N) is 1. The van der Waals surface area contributed by atoms with Gasteiger partial charge >= 0.3 is 0 Å². The molecule has 0 saturated carbocycles. The molecule has 0 fully saturated rings. The maximum atomic E-state index is 11.8. The van der Waals surface area contributed by atoms with Crippen LogP contribution >= 0.6 is 15.9 Å². The van der Waals surface area contributed by atoms with Crippen molar-refractivity contribution in [1.29, 1.82) is 0 Å². The van der Waals surface area contributed by atoms with Gasteiger partial charge in [0.1, 0.15) is 0 Å². The Morgan fingerprint density at radius 1 is 1.05 bits per heavy atom. The number of amides is 2. The number of nitrogens with one attached hydrogen (secondary N) is 2. The number of nitrogen functional groups attached to an aromatic ring is 1. The van der Waals surface area contributed by atoms with Crippen LogP contribution in [0, 0.1) is 0 Å². The quantitative estimate of drug-likeness (QED) is 0.742. The van der Waals surface area contributed by atoms with Gasteiger partial charge in [-0.2, -0.15) is 0 Å². The Balaban J connectivity index is 1.88. The summed E-state index contributed by atoms with van der Waals surface area (Å²) in [6.45, 7) is -0.107. The van der Waals surface area contributed by atoms with Gasteiger partial charge in [0.2, 0.25) is 5.91 Å². The third-order valence-corrected chi connectivity index (χ3v) is 3.42. The van der Waals surface area contributed by atoms with Gasteiger partial charge in [-0.15, -0.1) is 0 Å². The van der Waals surface area contributed by atoms with Crippen molar-refractivity contribution in [1.82, 2.24) is 5.32 Å². The fourth-order valence-electron chi connectivity index (χ4n) is 1.65. The molecule has 0 saturated heterocycles. The average molecular weight is 348 g/mol. The Morgan fingerprint density at radius 2 is 1.71 bits per heavy atom. The van der Waals surface area contributed by atoms with Crippen molar-refractivity contribution >= 4 is 39.1 Å². The fraction of sp³-hybridized carbons (Fsp3) is 0.0667. The molecular formula is C15H14BrN3O2. The van der Waals surface area contributed by atoms with E-state index in [2.05, 4.69) is 26.6 Å². The first kappa shape index (κ1) is 15.1. The van der Waals surface area contributed by atoms with Crippen LogP contribution in [0.3, 0.4) is 0 Å². The molecule has 4 N–H and O–H groups in total. The Kier molecular flexibility index (Phi) is 4.94. The van der Waals surface area contributed by atoms with Crippen LogP contribution in [0.2, 0.25) is 0 Å². The number of carbonyl (C=O) groups is 2. The summed E-state index contributed by atoms with van der Waals surface area (Å²) in [6, 6.07) is 13.7. The van der Waals surface area contributed by atoms with E-state index in [-0.39, 0.29) is 18.4 Å². The highest BCUT2D eigenvalue weighted by Gasteiger charge is 2.09. The third-order valence-electron chi connectivity index (χ3n) is 2.73. The van der Waals surface area contributed by atoms with E-state index in [9.17, 15) is 9.59 Å². The molecule has 0 unspecified atom stereocenters. The van der Waals surface area contributed by atoms with Gasteiger partial charge in [0.15, 0.2) is 0 Å². The lowest BCUT2D eigenvalue weighted by molar-refractivity contribution is -0.115. The molecule has 21 heavy (non-hydrogen) atoms. The SMILES string of the molecule is Nc1ccc(C(=O)NCC(=O)Nc2ccccc2Br)cc1. The minimum absolute atomic E-state index is 0.107. The van der Waals surface area contributed by atoms with Crippen molar-refractivity contribution in [3.63, 3.8) is 0 Å². The smallest absolute Gasteiger partial charge is 0.251 e. The van der Waals surface area contributed by atoms with Gasteiger partial charge in [0.05, 0.1) is 12.2 Å². The highest BCUT2D eigenvalue weighted by molar-refractivity contribution is 9.10. The Morgan fingerprint density at radius 3 is 2.38 bits per heavy atom. The zero-order valence-electron chi connectivity index (χ0n) is 11.1. The van der Waals surface area contributed by atoms with Crippen molar-refractivity contribution < 1.29 is 9.59 Å². The molecule has 2 aromatic rings. The van der Waals surface area contributed by atoms with Crippen LogP contribution in [0.25, 0.3) is 0 Å². The molecule has 0 radical (unpaired) electrons. The number of carbonyl (C=O) groups excluding carboxylic acids is 2. The number of anilines is 2. The van der Waals surface area contributed by atoms with Gasteiger partial charge in [-0.05, 0) is 52.3 Å². The van der Waals surface area contributed by atoms with Crippen LogP contribution in [0.4, 0.5) is 11.4 Å². The van der Waals surface area contributed by atoms with E-state index in [1.807, 2.05) is 18.2 Å². The van der Waals surface area contributed by atoms with Crippen LogP contribution in [-0.4, -0.2) is 18.4 Å². The molecule has 0 aliphatic rings. The predicted octanol–water partition coefficient (Wildman–Crippen LogP) is 2.40. The second kappa shape index (κ2) is 6.90. The lowest BCUT2D eigenvalue weighted by Crippen LogP contribution is -2.32. The maximum absolute atomic E-state index is 11.8. The molecule has 2 rings (SSSR count). The van der Waals surface area contributed by atoms with Gasteiger partial charge in [0.25, 0.3) is 5.91 Å². The molecule has 5 nitrogen and oxygen atoms in total. The van der Waals surface area contributed by atoms with Crippen molar-refractivity contribution in [2.75, 3.05) is 17.6 Å². The van der Waals surface area contributed by atoms with Crippen LogP contribution < -0.4 is 16.4 Å². The summed E-state index contributed by atoms with van der Waals surface area (Å²) in [5, 5.41) is 5.26. The van der Waals surface area contributed by atoms with Crippen molar-refractivity contribution in [3.8, 4) is 0 Å². The molecule has 0 atom stereocenters. The molecule has 0 aromatic heterocycles. The first-order valence-electron chi connectivity index (χ1n) is 6.24. The van der Waals surface area contributed by atoms with E-state index in [0.29, 0.717) is 16.9 Å². The minimum Gasteiger partial charge on any atom is -0.399 e. The van der Waals surface area contributed by atoms with Gasteiger partial charge in [-0.3, -0.25) is 9.59 Å². The van der Waals surface area contributed by atoms with Gasteiger partial charge in [0, 0.05) is 15.7 Å². The molecule has 0 aliphatic heterocycles. The first-order chi connectivity index (χ1) is 10.1. The minimum atomic E-state index is -0.322. The number of halogens is 1. The van der Waals surface area contributed by atoms with E-state index in [0.717, 1.165) is 4.47 Å². The molecule has 0 heterocycles. The average Bonchev–Trinajstić information content (AvgIpc) is 2.48. The van der Waals surface area contributed by atoms with E-state index >= 15 is 0 Å². The summed E-state index contributed by atoms with van der Waals surface area (Å²) in [5.41, 5.74) is 7.24. The molecule has 2 amide bonds. The number of para-hydroxylation sites is 1. The Bertz CT molecular complexity index is 656. The highest BCUT2D eigenvalue weighted by atomic mass is 79.9. The van der Waals surface area contributed by atoms with E-state index in [4.69, 9.17) is 5.73 Å². The van der Waals surface area contributed by atoms with Crippen molar-refractivity contribution in [3.05, 3.63) is 58.6 Å². The third kappa shape index (κ3) is 4.32. The Hall–Kier alpha value is -2.34. The normalized spacial score (nSPS) is 9.95. The van der Waals surface area contributed by atoms with Crippen LogP contribution in [-0.2, 0) is 4.79 Å². The topological polar surface area (TPSA) is 84.2 Å². The molecule has 108 valence electrons. The first-order valence-corrected chi connectivity index (χ1v) is 7.03. The van der Waals surface area contributed by atoms with Gasteiger partial charge in [-0.25, -0.2) is 0 Å². The molecular weight excluding hydrogens is 334 g/mol. The molecule has 6 heteroatoms. The predicted molar refractivity (Wildman–Crippen MR) is 86.0 cm³/mol. The molecule has 0 aliphatic carbocycles. The van der Waals surface area contributed by atoms with Crippen LogP contribution in [0.1, 0.15) is 10.4 Å². The zero-order chi connectivity index (χ0) is 15.2. The molecule has 2 aromatic carbocycles.